The fraction of sp³-hybridized carbons (Fsp3) is 0.385. The minimum atomic E-state index is 0.458. The molecular formula is C13H19N3O2S. The Balaban J connectivity index is 2.83. The van der Waals surface area contributed by atoms with E-state index in [1.165, 1.54) is 0 Å². The van der Waals surface area contributed by atoms with Gasteiger partial charge in [0, 0.05) is 18.7 Å². The third-order valence-corrected chi connectivity index (χ3v) is 2.49. The summed E-state index contributed by atoms with van der Waals surface area (Å²) in [6, 6.07) is 5.62. The van der Waals surface area contributed by atoms with Gasteiger partial charge in [0.1, 0.15) is 11.5 Å². The molecule has 19 heavy (non-hydrogen) atoms. The Morgan fingerprint density at radius 1 is 1.32 bits per heavy atom. The lowest BCUT2D eigenvalue weighted by atomic mass is 10.2. The van der Waals surface area contributed by atoms with Crippen LogP contribution in [0.3, 0.4) is 0 Å². The maximum atomic E-state index is 5.56. The normalized spacial score (nSPS) is 10.3. The molecule has 0 unspecified atom stereocenters. The minimum absolute atomic E-state index is 0.458. The Morgan fingerprint density at radius 2 is 2.05 bits per heavy atom. The SMILES string of the molecule is CCOc1ccc(/C=N/NC(=S)NC)c(OCC)c1. The first kappa shape index (κ1) is 15.2. The van der Waals surface area contributed by atoms with E-state index in [4.69, 9.17) is 21.7 Å². The van der Waals surface area contributed by atoms with Crippen LogP contribution in [0.25, 0.3) is 0 Å². The summed E-state index contributed by atoms with van der Waals surface area (Å²) in [5.41, 5.74) is 3.55. The van der Waals surface area contributed by atoms with Gasteiger partial charge in [-0.25, -0.2) is 0 Å². The van der Waals surface area contributed by atoms with E-state index in [0.29, 0.717) is 18.3 Å². The number of nitrogens with zero attached hydrogens (tertiary/aromatic N) is 1. The lowest BCUT2D eigenvalue weighted by molar-refractivity contribution is 0.323. The Kier molecular flexibility index (Phi) is 6.67. The molecule has 0 aliphatic heterocycles. The van der Waals surface area contributed by atoms with Crippen molar-refractivity contribution in [3.8, 4) is 11.5 Å². The van der Waals surface area contributed by atoms with Crippen molar-refractivity contribution in [1.29, 1.82) is 0 Å². The highest BCUT2D eigenvalue weighted by atomic mass is 32.1. The van der Waals surface area contributed by atoms with Crippen LogP contribution in [0.5, 0.6) is 11.5 Å². The van der Waals surface area contributed by atoms with E-state index in [1.807, 2.05) is 32.0 Å². The Morgan fingerprint density at radius 3 is 2.68 bits per heavy atom. The Labute approximate surface area is 119 Å². The molecule has 0 saturated carbocycles. The molecular weight excluding hydrogens is 262 g/mol. The largest absolute Gasteiger partial charge is 0.494 e. The summed E-state index contributed by atoms with van der Waals surface area (Å²) in [7, 11) is 1.73. The van der Waals surface area contributed by atoms with Crippen molar-refractivity contribution < 1.29 is 9.47 Å². The predicted octanol–water partition coefficient (Wildman–Crippen LogP) is 1.91. The van der Waals surface area contributed by atoms with Crippen molar-refractivity contribution >= 4 is 23.5 Å². The summed E-state index contributed by atoms with van der Waals surface area (Å²) in [4.78, 5) is 0. The number of hydrazone groups is 1. The zero-order chi connectivity index (χ0) is 14.1. The quantitative estimate of drug-likeness (QED) is 0.474. The second kappa shape index (κ2) is 8.31. The average Bonchev–Trinajstić information content (AvgIpc) is 2.41. The second-order valence-electron chi connectivity index (χ2n) is 3.51. The van der Waals surface area contributed by atoms with E-state index in [1.54, 1.807) is 13.3 Å². The molecule has 104 valence electrons. The number of hydrogen-bond donors (Lipinski definition) is 2. The Hall–Kier alpha value is -1.82. The summed E-state index contributed by atoms with van der Waals surface area (Å²) < 4.78 is 11.0. The zero-order valence-electron chi connectivity index (χ0n) is 11.4. The van der Waals surface area contributed by atoms with Gasteiger partial charge in [0.15, 0.2) is 5.11 Å². The van der Waals surface area contributed by atoms with Gasteiger partial charge >= 0.3 is 0 Å². The van der Waals surface area contributed by atoms with Crippen molar-refractivity contribution in [2.45, 2.75) is 13.8 Å². The molecule has 2 N–H and O–H groups in total. The van der Waals surface area contributed by atoms with Gasteiger partial charge in [0.05, 0.1) is 19.4 Å². The maximum absolute atomic E-state index is 5.56. The topological polar surface area (TPSA) is 54.9 Å². The van der Waals surface area contributed by atoms with Gasteiger partial charge in [-0.05, 0) is 38.2 Å². The van der Waals surface area contributed by atoms with Gasteiger partial charge in [0.2, 0.25) is 0 Å². The Bertz CT molecular complexity index is 450. The number of rotatable bonds is 6. The van der Waals surface area contributed by atoms with Gasteiger partial charge in [-0.15, -0.1) is 0 Å². The van der Waals surface area contributed by atoms with Crippen LogP contribution >= 0.6 is 12.2 Å². The van der Waals surface area contributed by atoms with E-state index in [2.05, 4.69) is 15.8 Å². The van der Waals surface area contributed by atoms with Crippen LogP contribution in [0, 0.1) is 0 Å². The van der Waals surface area contributed by atoms with Crippen LogP contribution in [-0.4, -0.2) is 31.6 Å². The molecule has 0 atom stereocenters. The number of nitrogens with one attached hydrogen (secondary N) is 2. The highest BCUT2D eigenvalue weighted by Crippen LogP contribution is 2.23. The average molecular weight is 281 g/mol. The number of benzene rings is 1. The van der Waals surface area contributed by atoms with Crippen molar-refractivity contribution in [3.63, 3.8) is 0 Å². The van der Waals surface area contributed by atoms with Crippen molar-refractivity contribution in [2.75, 3.05) is 20.3 Å². The predicted molar refractivity (Wildman–Crippen MR) is 81.2 cm³/mol. The molecule has 6 heteroatoms. The summed E-state index contributed by atoms with van der Waals surface area (Å²) in [6.07, 6.45) is 1.66. The molecule has 0 saturated heterocycles. The van der Waals surface area contributed by atoms with Crippen LogP contribution in [0.4, 0.5) is 0 Å². The van der Waals surface area contributed by atoms with E-state index in [0.717, 1.165) is 17.1 Å². The molecule has 0 fully saturated rings. The van der Waals surface area contributed by atoms with Crippen LogP contribution in [-0.2, 0) is 0 Å². The lowest BCUT2D eigenvalue weighted by Gasteiger charge is -2.10. The fourth-order valence-corrected chi connectivity index (χ4v) is 1.43. The van der Waals surface area contributed by atoms with Crippen molar-refractivity contribution in [3.05, 3.63) is 23.8 Å². The highest BCUT2D eigenvalue weighted by molar-refractivity contribution is 7.80. The molecule has 0 aliphatic rings. The van der Waals surface area contributed by atoms with Crippen LogP contribution in [0.1, 0.15) is 19.4 Å². The van der Waals surface area contributed by atoms with Gasteiger partial charge < -0.3 is 14.8 Å². The van der Waals surface area contributed by atoms with E-state index in [-0.39, 0.29) is 0 Å². The molecule has 1 aromatic carbocycles. The van der Waals surface area contributed by atoms with Gasteiger partial charge in [0.25, 0.3) is 0 Å². The molecule has 0 spiro atoms. The maximum Gasteiger partial charge on any atom is 0.186 e. The van der Waals surface area contributed by atoms with Gasteiger partial charge in [-0.1, -0.05) is 0 Å². The molecule has 0 heterocycles. The molecule has 1 aromatic rings. The molecule has 0 amide bonds. The molecule has 5 nitrogen and oxygen atoms in total. The van der Waals surface area contributed by atoms with E-state index in [9.17, 15) is 0 Å². The smallest absolute Gasteiger partial charge is 0.186 e. The first-order valence-electron chi connectivity index (χ1n) is 6.11. The number of ether oxygens (including phenoxy) is 2. The first-order valence-corrected chi connectivity index (χ1v) is 6.52. The summed E-state index contributed by atoms with van der Waals surface area (Å²) in [6.45, 7) is 5.08. The second-order valence-corrected chi connectivity index (χ2v) is 3.92. The zero-order valence-corrected chi connectivity index (χ0v) is 12.2. The van der Waals surface area contributed by atoms with Crippen molar-refractivity contribution in [2.24, 2.45) is 5.10 Å². The fourth-order valence-electron chi connectivity index (χ4n) is 1.37. The highest BCUT2D eigenvalue weighted by Gasteiger charge is 2.04. The molecule has 0 bridgehead atoms. The molecule has 0 radical (unpaired) electrons. The molecule has 0 aliphatic carbocycles. The van der Waals surface area contributed by atoms with E-state index < -0.39 is 0 Å². The van der Waals surface area contributed by atoms with E-state index >= 15 is 0 Å². The number of hydrogen-bond acceptors (Lipinski definition) is 4. The summed E-state index contributed by atoms with van der Waals surface area (Å²) in [5, 5.41) is 7.26. The molecule has 0 aromatic heterocycles. The van der Waals surface area contributed by atoms with Crippen LogP contribution < -0.4 is 20.2 Å². The third kappa shape index (κ3) is 5.13. The first-order chi connectivity index (χ1) is 9.21. The van der Waals surface area contributed by atoms with Crippen LogP contribution in [0.15, 0.2) is 23.3 Å². The number of thiocarbonyl (C=S) groups is 1. The minimum Gasteiger partial charge on any atom is -0.494 e. The van der Waals surface area contributed by atoms with Gasteiger partial charge in [-0.2, -0.15) is 5.10 Å². The summed E-state index contributed by atoms with van der Waals surface area (Å²) in [5.74, 6) is 1.51. The molecule has 1 rings (SSSR count). The summed E-state index contributed by atoms with van der Waals surface area (Å²) >= 11 is 4.92. The standard InChI is InChI=1S/C13H19N3O2S/c1-4-17-11-7-6-10(12(8-11)18-5-2)9-15-16-13(19)14-3/h6-9H,4-5H2,1-3H3,(H2,14,16,19)/b15-9+. The lowest BCUT2D eigenvalue weighted by Crippen LogP contribution is -2.28. The van der Waals surface area contributed by atoms with Gasteiger partial charge in [-0.3, -0.25) is 5.43 Å². The monoisotopic (exact) mass is 281 g/mol. The van der Waals surface area contributed by atoms with Crippen molar-refractivity contribution in [1.82, 2.24) is 10.7 Å². The van der Waals surface area contributed by atoms with Crippen LogP contribution in [0.2, 0.25) is 0 Å². The third-order valence-electron chi connectivity index (χ3n) is 2.19.